The van der Waals surface area contributed by atoms with Gasteiger partial charge in [0.25, 0.3) is 0 Å². The van der Waals surface area contributed by atoms with Gasteiger partial charge in [-0.15, -0.1) is 0 Å². The van der Waals surface area contributed by atoms with Gasteiger partial charge >= 0.3 is 0 Å². The molecule has 0 amide bonds. The third-order valence-corrected chi connectivity index (χ3v) is 2.44. The minimum Gasteiger partial charge on any atom is -0.380 e. The first-order chi connectivity index (χ1) is 5.85. The van der Waals surface area contributed by atoms with Crippen molar-refractivity contribution in [1.82, 2.24) is 0 Å². The van der Waals surface area contributed by atoms with Crippen molar-refractivity contribution in [2.24, 2.45) is 5.92 Å². The third-order valence-electron chi connectivity index (χ3n) is 2.12. The molecule has 0 aliphatic heterocycles. The molecule has 0 aliphatic carbocycles. The highest BCUT2D eigenvalue weighted by Crippen LogP contribution is 2.12. The van der Waals surface area contributed by atoms with Crippen LogP contribution in [0, 0.1) is 5.92 Å². The summed E-state index contributed by atoms with van der Waals surface area (Å²) in [7, 11) is 0. The van der Waals surface area contributed by atoms with Crippen molar-refractivity contribution in [2.75, 3.05) is 18.5 Å². The number of ether oxygens (including phenoxy) is 1. The summed E-state index contributed by atoms with van der Waals surface area (Å²) >= 11 is 3.35. The average Bonchev–Trinajstić information content (AvgIpc) is 2.11. The lowest BCUT2D eigenvalue weighted by Gasteiger charge is -2.13. The zero-order valence-electron chi connectivity index (χ0n) is 8.31. The molecule has 0 aliphatic rings. The van der Waals surface area contributed by atoms with Crippen LogP contribution in [0.5, 0.6) is 0 Å². The molecule has 0 aromatic rings. The van der Waals surface area contributed by atoms with Crippen molar-refractivity contribution in [3.8, 4) is 0 Å². The van der Waals surface area contributed by atoms with Gasteiger partial charge in [-0.25, -0.2) is 0 Å². The van der Waals surface area contributed by atoms with Crippen molar-refractivity contribution in [2.45, 2.75) is 39.5 Å². The third kappa shape index (κ3) is 7.11. The molecule has 0 bridgehead atoms. The molecular formula is C10H21BrO. The Hall–Kier alpha value is 0.440. The second-order valence-electron chi connectivity index (χ2n) is 3.18. The van der Waals surface area contributed by atoms with E-state index < -0.39 is 0 Å². The molecule has 2 heteroatoms. The second-order valence-corrected chi connectivity index (χ2v) is 3.97. The Bertz CT molecular complexity index is 85.9. The van der Waals surface area contributed by atoms with Crippen molar-refractivity contribution in [1.29, 1.82) is 0 Å². The maximum atomic E-state index is 5.49. The topological polar surface area (TPSA) is 9.23 Å². The van der Waals surface area contributed by atoms with Crippen LogP contribution in [0.15, 0.2) is 0 Å². The maximum Gasteiger partial charge on any atom is 0.0563 e. The molecule has 0 heterocycles. The van der Waals surface area contributed by atoms with E-state index in [1.165, 1.54) is 25.7 Å². The average molecular weight is 237 g/mol. The molecule has 0 saturated heterocycles. The van der Waals surface area contributed by atoms with Gasteiger partial charge in [0.2, 0.25) is 0 Å². The van der Waals surface area contributed by atoms with Gasteiger partial charge in [-0.3, -0.25) is 0 Å². The van der Waals surface area contributed by atoms with E-state index in [0.717, 1.165) is 24.5 Å². The largest absolute Gasteiger partial charge is 0.380 e. The fourth-order valence-corrected chi connectivity index (χ4v) is 1.43. The van der Waals surface area contributed by atoms with Crippen molar-refractivity contribution >= 4 is 15.9 Å². The fraction of sp³-hybridized carbons (Fsp3) is 1.00. The highest BCUT2D eigenvalue weighted by Gasteiger charge is 2.04. The maximum absolute atomic E-state index is 5.49. The number of unbranched alkanes of at least 4 members (excludes halogenated alkanes) is 1. The molecule has 0 aromatic heterocycles. The molecule has 12 heavy (non-hydrogen) atoms. The lowest BCUT2D eigenvalue weighted by atomic mass is 10.0. The normalized spacial score (nSPS) is 13.2. The van der Waals surface area contributed by atoms with E-state index in [1.54, 1.807) is 0 Å². The summed E-state index contributed by atoms with van der Waals surface area (Å²) in [5, 5.41) is 0.956. The summed E-state index contributed by atoms with van der Waals surface area (Å²) in [5.74, 6) is 0.781. The quantitative estimate of drug-likeness (QED) is 0.463. The predicted molar refractivity (Wildman–Crippen MR) is 57.9 cm³/mol. The molecule has 1 atom stereocenters. The molecule has 0 spiro atoms. The molecule has 1 nitrogen and oxygen atoms in total. The number of alkyl halides is 1. The lowest BCUT2D eigenvalue weighted by Crippen LogP contribution is -2.09. The van der Waals surface area contributed by atoms with Gasteiger partial charge in [0.05, 0.1) is 6.61 Å². The molecule has 74 valence electrons. The number of halogens is 1. The van der Waals surface area contributed by atoms with Gasteiger partial charge in [0.15, 0.2) is 0 Å². The first kappa shape index (κ1) is 12.4. The smallest absolute Gasteiger partial charge is 0.0563 e. The monoisotopic (exact) mass is 236 g/mol. The molecule has 0 N–H and O–H groups in total. The van der Waals surface area contributed by atoms with Crippen LogP contribution in [-0.4, -0.2) is 18.5 Å². The van der Waals surface area contributed by atoms with Crippen LogP contribution in [0.2, 0.25) is 0 Å². The second kappa shape index (κ2) is 9.53. The van der Waals surface area contributed by atoms with Crippen LogP contribution in [0.3, 0.4) is 0 Å². The Kier molecular flexibility index (Phi) is 9.88. The number of rotatable bonds is 8. The minimum atomic E-state index is 0.781. The Morgan fingerprint density at radius 1 is 1.33 bits per heavy atom. The van der Waals surface area contributed by atoms with Crippen LogP contribution in [0.4, 0.5) is 0 Å². The van der Waals surface area contributed by atoms with Gasteiger partial charge in [0, 0.05) is 11.9 Å². The summed E-state index contributed by atoms with van der Waals surface area (Å²) in [4.78, 5) is 0. The summed E-state index contributed by atoms with van der Waals surface area (Å²) in [5.41, 5.74) is 0. The van der Waals surface area contributed by atoms with E-state index in [1.807, 2.05) is 0 Å². The van der Waals surface area contributed by atoms with E-state index in [0.29, 0.717) is 0 Å². The van der Waals surface area contributed by atoms with E-state index >= 15 is 0 Å². The van der Waals surface area contributed by atoms with Gasteiger partial charge in [-0.2, -0.15) is 0 Å². The molecular weight excluding hydrogens is 216 g/mol. The number of hydrogen-bond donors (Lipinski definition) is 0. The first-order valence-electron chi connectivity index (χ1n) is 4.98. The van der Waals surface area contributed by atoms with Crippen LogP contribution < -0.4 is 0 Å². The highest BCUT2D eigenvalue weighted by molar-refractivity contribution is 9.09. The first-order valence-corrected chi connectivity index (χ1v) is 6.11. The Morgan fingerprint density at radius 3 is 2.58 bits per heavy atom. The van der Waals surface area contributed by atoms with Gasteiger partial charge in [-0.1, -0.05) is 49.0 Å². The number of hydrogen-bond acceptors (Lipinski definition) is 1. The Balaban J connectivity index is 3.26. The molecule has 1 unspecified atom stereocenters. The standard InChI is InChI=1S/C10H21BrO/c1-3-5-6-10(4-2)9-12-8-7-11/h10H,3-9H2,1-2H3. The molecule has 0 fully saturated rings. The fourth-order valence-electron chi connectivity index (χ4n) is 1.20. The van der Waals surface area contributed by atoms with Crippen molar-refractivity contribution in [3.05, 3.63) is 0 Å². The summed E-state index contributed by atoms with van der Waals surface area (Å²) < 4.78 is 5.49. The zero-order valence-corrected chi connectivity index (χ0v) is 9.90. The molecule has 0 saturated carbocycles. The van der Waals surface area contributed by atoms with E-state index in [4.69, 9.17) is 4.74 Å². The van der Waals surface area contributed by atoms with Crippen LogP contribution in [0.1, 0.15) is 39.5 Å². The minimum absolute atomic E-state index is 0.781. The zero-order chi connectivity index (χ0) is 9.23. The van der Waals surface area contributed by atoms with Gasteiger partial charge in [-0.05, 0) is 12.3 Å². The molecule has 0 radical (unpaired) electrons. The molecule has 0 rings (SSSR count). The van der Waals surface area contributed by atoms with Crippen molar-refractivity contribution < 1.29 is 4.74 Å². The van der Waals surface area contributed by atoms with Crippen molar-refractivity contribution in [3.63, 3.8) is 0 Å². The highest BCUT2D eigenvalue weighted by atomic mass is 79.9. The SMILES string of the molecule is CCCCC(CC)COCCBr. The Labute approximate surface area is 85.0 Å². The summed E-state index contributed by atoms with van der Waals surface area (Å²) in [6.45, 7) is 6.29. The molecule has 0 aromatic carbocycles. The van der Waals surface area contributed by atoms with Gasteiger partial charge < -0.3 is 4.74 Å². The van der Waals surface area contributed by atoms with Gasteiger partial charge in [0.1, 0.15) is 0 Å². The van der Waals surface area contributed by atoms with E-state index in [-0.39, 0.29) is 0 Å². The van der Waals surface area contributed by atoms with Crippen LogP contribution >= 0.6 is 15.9 Å². The van der Waals surface area contributed by atoms with Crippen LogP contribution in [0.25, 0.3) is 0 Å². The predicted octanol–water partition coefficient (Wildman–Crippen LogP) is 3.61. The Morgan fingerprint density at radius 2 is 2.08 bits per heavy atom. The van der Waals surface area contributed by atoms with Crippen LogP contribution in [-0.2, 0) is 4.74 Å². The summed E-state index contributed by atoms with van der Waals surface area (Å²) in [6, 6.07) is 0. The lowest BCUT2D eigenvalue weighted by molar-refractivity contribution is 0.107. The summed E-state index contributed by atoms with van der Waals surface area (Å²) in [6.07, 6.45) is 5.22. The van der Waals surface area contributed by atoms with E-state index in [2.05, 4.69) is 29.8 Å². The van der Waals surface area contributed by atoms with E-state index in [9.17, 15) is 0 Å².